The molecule has 0 spiro atoms. The molecule has 29 heavy (non-hydrogen) atoms. The van der Waals surface area contributed by atoms with Crippen molar-refractivity contribution in [1.82, 2.24) is 0 Å². The van der Waals surface area contributed by atoms with Crippen molar-refractivity contribution in [3.63, 3.8) is 0 Å². The van der Waals surface area contributed by atoms with E-state index in [0.717, 1.165) is 12.8 Å². The second-order valence-corrected chi connectivity index (χ2v) is 8.41. The van der Waals surface area contributed by atoms with E-state index in [1.165, 1.54) is 22.5 Å². The van der Waals surface area contributed by atoms with Crippen LogP contribution in [0.15, 0.2) is 53.6 Å². The number of para-hydroxylation sites is 1. The van der Waals surface area contributed by atoms with Gasteiger partial charge in [0.25, 0.3) is 0 Å². The highest BCUT2D eigenvalue weighted by atomic mass is 32.3. The van der Waals surface area contributed by atoms with Crippen molar-refractivity contribution < 1.29 is 21.7 Å². The molecule has 1 aliphatic heterocycles. The van der Waals surface area contributed by atoms with Crippen LogP contribution in [0.25, 0.3) is 0 Å². The molecule has 1 heterocycles. The van der Waals surface area contributed by atoms with E-state index < -0.39 is 10.4 Å². The Hall–Kier alpha value is -2.55. The lowest BCUT2D eigenvalue weighted by molar-refractivity contribution is -0.400. The van der Waals surface area contributed by atoms with Gasteiger partial charge >= 0.3 is 0 Å². The molecule has 156 valence electrons. The van der Waals surface area contributed by atoms with Crippen LogP contribution < -0.4 is 5.01 Å². The first-order chi connectivity index (χ1) is 13.5. The zero-order valence-corrected chi connectivity index (χ0v) is 18.4. The average molecular weight is 418 g/mol. The lowest BCUT2D eigenvalue weighted by atomic mass is 9.82. The van der Waals surface area contributed by atoms with E-state index in [-0.39, 0.29) is 5.41 Å². The van der Waals surface area contributed by atoms with Crippen molar-refractivity contribution in [3.05, 3.63) is 59.7 Å². The van der Waals surface area contributed by atoms with E-state index in [0.29, 0.717) is 0 Å². The van der Waals surface area contributed by atoms with Crippen LogP contribution in [0, 0.1) is 6.92 Å². The van der Waals surface area contributed by atoms with E-state index >= 15 is 0 Å². The molecule has 0 fully saturated rings. The largest absolute Gasteiger partial charge is 0.726 e. The molecule has 0 radical (unpaired) electrons. The molecule has 0 aliphatic carbocycles. The van der Waals surface area contributed by atoms with Crippen LogP contribution in [0.5, 0.6) is 0 Å². The van der Waals surface area contributed by atoms with Gasteiger partial charge < -0.3 is 4.55 Å². The number of nitrogens with zero attached hydrogens (tertiary/aromatic N) is 3. The highest BCUT2D eigenvalue weighted by molar-refractivity contribution is 7.80. The normalized spacial score (nSPS) is 15.1. The predicted octanol–water partition coefficient (Wildman–Crippen LogP) is 3.22. The average Bonchev–Trinajstić information content (AvgIpc) is 2.86. The first-order valence-corrected chi connectivity index (χ1v) is 10.4. The molecular weight excluding hydrogens is 390 g/mol. The van der Waals surface area contributed by atoms with Gasteiger partial charge in [0.2, 0.25) is 21.8 Å². The first kappa shape index (κ1) is 22.7. The van der Waals surface area contributed by atoms with Gasteiger partial charge in [-0.15, -0.1) is 0 Å². The Labute approximate surface area is 172 Å². The summed E-state index contributed by atoms with van der Waals surface area (Å²) in [4.78, 5) is 0. The summed E-state index contributed by atoms with van der Waals surface area (Å²) in [5, 5.41) is 6.58. The Kier molecular flexibility index (Phi) is 6.94. The zero-order valence-electron chi connectivity index (χ0n) is 17.6. The van der Waals surface area contributed by atoms with Crippen LogP contribution in [0.3, 0.4) is 0 Å². The van der Waals surface area contributed by atoms with Crippen molar-refractivity contribution in [2.24, 2.45) is 5.10 Å². The second-order valence-electron chi connectivity index (χ2n) is 7.27. The molecule has 7 nitrogen and oxygen atoms in total. The van der Waals surface area contributed by atoms with Crippen molar-refractivity contribution in [2.75, 3.05) is 26.2 Å². The van der Waals surface area contributed by atoms with Gasteiger partial charge in [-0.25, -0.2) is 8.42 Å². The highest BCUT2D eigenvalue weighted by Gasteiger charge is 2.43. The Bertz CT molecular complexity index is 1030. The number of hydrogen-bond donors (Lipinski definition) is 0. The van der Waals surface area contributed by atoms with Gasteiger partial charge in [0.05, 0.1) is 18.2 Å². The van der Waals surface area contributed by atoms with Crippen molar-refractivity contribution in [2.45, 2.75) is 26.2 Å². The van der Waals surface area contributed by atoms with Crippen LogP contribution in [0.1, 0.15) is 25.0 Å². The van der Waals surface area contributed by atoms with E-state index in [1.807, 2.05) is 18.3 Å². The lowest BCUT2D eigenvalue weighted by Crippen LogP contribution is -2.30. The molecule has 0 N–H and O–H groups in total. The van der Waals surface area contributed by atoms with Crippen molar-refractivity contribution >= 4 is 33.7 Å². The summed E-state index contributed by atoms with van der Waals surface area (Å²) in [7, 11) is 0.491. The first-order valence-electron chi connectivity index (χ1n) is 9.04. The third-order valence-electron chi connectivity index (χ3n) is 4.91. The number of hydrazone groups is 1. The maximum Gasteiger partial charge on any atom is 0.217 e. The van der Waals surface area contributed by atoms with Crippen molar-refractivity contribution in [1.29, 1.82) is 0 Å². The fourth-order valence-corrected chi connectivity index (χ4v) is 3.20. The van der Waals surface area contributed by atoms with Gasteiger partial charge in [-0.3, -0.25) is 9.19 Å². The van der Waals surface area contributed by atoms with Gasteiger partial charge in [0, 0.05) is 18.7 Å². The topological polar surface area (TPSA) is 85.0 Å². The summed E-state index contributed by atoms with van der Waals surface area (Å²) in [6.07, 6.45) is 1.99. The van der Waals surface area contributed by atoms with E-state index in [4.69, 9.17) is 0 Å². The molecular formula is C21H27N3O4S. The molecule has 2 aromatic carbocycles. The minimum Gasteiger partial charge on any atom is -0.726 e. The van der Waals surface area contributed by atoms with Gasteiger partial charge in [-0.2, -0.15) is 9.68 Å². The summed E-state index contributed by atoms with van der Waals surface area (Å²) < 4.78 is 33.3. The van der Waals surface area contributed by atoms with Crippen LogP contribution >= 0.6 is 0 Å². The van der Waals surface area contributed by atoms with Crippen LogP contribution in [0.2, 0.25) is 0 Å². The summed E-state index contributed by atoms with van der Waals surface area (Å²) in [6, 6.07) is 17.0. The molecule has 1 aliphatic rings. The van der Waals surface area contributed by atoms with Gasteiger partial charge in [0.15, 0.2) is 0 Å². The zero-order chi connectivity index (χ0) is 21.8. The minimum absolute atomic E-state index is 0.0387. The number of hydrogen-bond acceptors (Lipinski definition) is 6. The smallest absolute Gasteiger partial charge is 0.217 e. The van der Waals surface area contributed by atoms with E-state index in [9.17, 15) is 13.0 Å². The molecule has 2 aromatic rings. The van der Waals surface area contributed by atoms with Crippen LogP contribution in [-0.2, 0) is 20.0 Å². The molecule has 0 atom stereocenters. The molecule has 3 rings (SSSR count). The fourth-order valence-electron chi connectivity index (χ4n) is 3.20. The Morgan fingerprint density at radius 3 is 2.21 bits per heavy atom. The number of fused-ring (bicyclic) bond motifs is 1. The minimum atomic E-state index is -4.41. The molecule has 0 unspecified atom stereocenters. The quantitative estimate of drug-likeness (QED) is 0.251. The van der Waals surface area contributed by atoms with Crippen LogP contribution in [-0.4, -0.2) is 50.7 Å². The Morgan fingerprint density at radius 2 is 1.69 bits per heavy atom. The number of anilines is 1. The molecule has 0 saturated carbocycles. The maximum absolute atomic E-state index is 9.22. The summed E-state index contributed by atoms with van der Waals surface area (Å²) >= 11 is 0. The molecule has 0 saturated heterocycles. The second kappa shape index (κ2) is 8.86. The van der Waals surface area contributed by atoms with Crippen molar-refractivity contribution in [3.8, 4) is 0 Å². The molecule has 0 aromatic heterocycles. The monoisotopic (exact) mass is 417 g/mol. The fraction of sp³-hybridized carbons (Fsp3) is 0.333. The molecule has 0 amide bonds. The lowest BCUT2D eigenvalue weighted by Gasteiger charge is -2.16. The third kappa shape index (κ3) is 5.50. The number of rotatable bonds is 4. The number of aryl methyl sites for hydroxylation is 1. The Morgan fingerprint density at radius 1 is 1.14 bits per heavy atom. The molecule has 8 heteroatoms. The van der Waals surface area contributed by atoms with Gasteiger partial charge in [-0.1, -0.05) is 35.9 Å². The Balaban J connectivity index is 0.000000438. The summed E-state index contributed by atoms with van der Waals surface area (Å²) in [5.41, 5.74) is 6.12. The van der Waals surface area contributed by atoms with Gasteiger partial charge in [-0.05, 0) is 32.9 Å². The molecule has 0 bridgehead atoms. The summed E-state index contributed by atoms with van der Waals surface area (Å²) in [6.45, 7) is 6.60. The number of benzene rings is 2. The van der Waals surface area contributed by atoms with E-state index in [2.05, 4.69) is 90.2 Å². The maximum atomic E-state index is 9.22. The van der Waals surface area contributed by atoms with E-state index in [1.54, 1.807) is 0 Å². The van der Waals surface area contributed by atoms with Crippen LogP contribution in [0.4, 0.5) is 11.4 Å². The summed E-state index contributed by atoms with van der Waals surface area (Å²) in [5.74, 6) is 0. The highest BCUT2D eigenvalue weighted by Crippen LogP contribution is 2.38. The van der Waals surface area contributed by atoms with Gasteiger partial charge in [0.1, 0.15) is 13.3 Å². The predicted molar refractivity (Wildman–Crippen MR) is 115 cm³/mol. The SMILES string of the molecule is COS(=O)(=O)[O-].Cc1ccc(N(C)N=CC2=[N+](C)c3ccccc3C2(C)C)cc1. The third-order valence-corrected chi connectivity index (χ3v) is 5.31. The standard InChI is InChI=1S/C20H24N3.CH4O4S/c1-15-10-12-16(13-11-15)23(5)21-14-19-20(2,3)17-8-6-7-9-18(17)22(19)4;1-5-6(2,3)4/h6-14H,1-5H3;1H3,(H,2,3,4)/q+1;/p-1.